The quantitative estimate of drug-likeness (QED) is 0.836. The molecule has 0 saturated heterocycles. The third-order valence-corrected chi connectivity index (χ3v) is 3.83. The number of ether oxygens (including phenoxy) is 1. The predicted molar refractivity (Wildman–Crippen MR) is 94.7 cm³/mol. The molecule has 2 aromatic rings. The van der Waals surface area contributed by atoms with Gasteiger partial charge in [-0.25, -0.2) is 0 Å². The Labute approximate surface area is 146 Å². The molecule has 2 rings (SSSR count). The molecule has 0 radical (unpaired) electrons. The number of hydrogen-bond donors (Lipinski definition) is 1. The minimum Gasteiger partial charge on any atom is -0.383 e. The van der Waals surface area contributed by atoms with E-state index in [0.29, 0.717) is 30.2 Å². The van der Waals surface area contributed by atoms with Crippen LogP contribution in [0.25, 0.3) is 0 Å². The number of halogens is 1. The van der Waals surface area contributed by atoms with Gasteiger partial charge in [-0.05, 0) is 37.1 Å². The minimum atomic E-state index is -0.212. The molecule has 1 N–H and O–H groups in total. The first-order valence-electron chi connectivity index (χ1n) is 7.74. The fraction of sp³-hybridized carbons (Fsp3) is 0.333. The summed E-state index contributed by atoms with van der Waals surface area (Å²) in [6.07, 6.45) is 2.23. The van der Waals surface area contributed by atoms with Crippen molar-refractivity contribution < 1.29 is 9.53 Å². The molecule has 128 valence electrons. The van der Waals surface area contributed by atoms with E-state index in [1.807, 2.05) is 31.2 Å². The van der Waals surface area contributed by atoms with E-state index in [1.165, 1.54) is 16.7 Å². The molecule has 1 amide bonds. The van der Waals surface area contributed by atoms with Crippen LogP contribution in [0.1, 0.15) is 22.8 Å². The van der Waals surface area contributed by atoms with E-state index in [0.717, 1.165) is 5.56 Å². The zero-order valence-corrected chi connectivity index (χ0v) is 14.5. The summed E-state index contributed by atoms with van der Waals surface area (Å²) in [4.78, 5) is 24.1. The fourth-order valence-electron chi connectivity index (χ4n) is 2.41. The van der Waals surface area contributed by atoms with E-state index in [4.69, 9.17) is 16.3 Å². The zero-order valence-electron chi connectivity index (χ0n) is 13.8. The Kier molecular flexibility index (Phi) is 6.58. The van der Waals surface area contributed by atoms with Gasteiger partial charge in [0.25, 0.3) is 11.5 Å². The third-order valence-electron chi connectivity index (χ3n) is 3.59. The highest BCUT2D eigenvalue weighted by molar-refractivity contribution is 6.30. The molecule has 1 aromatic carbocycles. The van der Waals surface area contributed by atoms with E-state index in [1.54, 1.807) is 13.3 Å². The van der Waals surface area contributed by atoms with Crippen molar-refractivity contribution in [1.29, 1.82) is 0 Å². The van der Waals surface area contributed by atoms with E-state index in [2.05, 4.69) is 5.32 Å². The Balaban J connectivity index is 2.02. The summed E-state index contributed by atoms with van der Waals surface area (Å²) in [7, 11) is 1.57. The predicted octanol–water partition coefficient (Wildman–Crippen LogP) is 2.51. The zero-order chi connectivity index (χ0) is 17.5. The number of rotatable bonds is 7. The van der Waals surface area contributed by atoms with Crippen LogP contribution in [-0.4, -0.2) is 30.2 Å². The van der Waals surface area contributed by atoms with Crippen molar-refractivity contribution in [3.05, 3.63) is 69.1 Å². The highest BCUT2D eigenvalue weighted by Gasteiger charge is 2.12. The first-order chi connectivity index (χ1) is 11.5. The lowest BCUT2D eigenvalue weighted by Gasteiger charge is -2.15. The molecule has 0 saturated carbocycles. The number of amides is 1. The summed E-state index contributed by atoms with van der Waals surface area (Å²) in [6, 6.07) is 10.4. The summed E-state index contributed by atoms with van der Waals surface area (Å²) >= 11 is 5.97. The number of nitrogens with zero attached hydrogens (tertiary/aromatic N) is 1. The maximum Gasteiger partial charge on any atom is 0.252 e. The van der Waals surface area contributed by atoms with E-state index in [-0.39, 0.29) is 17.5 Å². The fourth-order valence-corrected chi connectivity index (χ4v) is 2.62. The molecule has 1 heterocycles. The minimum absolute atomic E-state index is 0.0599. The van der Waals surface area contributed by atoms with Crippen LogP contribution in [0.5, 0.6) is 0 Å². The Morgan fingerprint density at radius 2 is 2.12 bits per heavy atom. The van der Waals surface area contributed by atoms with Gasteiger partial charge in [-0.3, -0.25) is 9.59 Å². The van der Waals surface area contributed by atoms with Gasteiger partial charge in [-0.15, -0.1) is 0 Å². The molecular weight excluding hydrogens is 328 g/mol. The Morgan fingerprint density at radius 1 is 1.33 bits per heavy atom. The van der Waals surface area contributed by atoms with Crippen LogP contribution in [0.4, 0.5) is 0 Å². The summed E-state index contributed by atoms with van der Waals surface area (Å²) in [5.41, 5.74) is 1.35. The summed E-state index contributed by atoms with van der Waals surface area (Å²) in [5, 5.41) is 3.62. The van der Waals surface area contributed by atoms with Crippen molar-refractivity contribution in [2.24, 2.45) is 0 Å². The third kappa shape index (κ3) is 5.22. The number of pyridine rings is 1. The molecule has 1 atom stereocenters. The lowest BCUT2D eigenvalue weighted by molar-refractivity contribution is 0.0939. The standard InChI is InChI=1S/C18H21ClN2O3/c1-13(10-14-4-3-5-16(19)11-14)20-18(23)15-6-7-17(22)21(12-15)8-9-24-2/h3-7,11-13H,8-10H2,1-2H3,(H,20,23). The van der Waals surface area contributed by atoms with Crippen molar-refractivity contribution in [2.45, 2.75) is 25.9 Å². The average molecular weight is 349 g/mol. The smallest absolute Gasteiger partial charge is 0.252 e. The van der Waals surface area contributed by atoms with Crippen molar-refractivity contribution in [2.75, 3.05) is 13.7 Å². The van der Waals surface area contributed by atoms with Gasteiger partial charge in [-0.2, -0.15) is 0 Å². The highest BCUT2D eigenvalue weighted by Crippen LogP contribution is 2.12. The first-order valence-corrected chi connectivity index (χ1v) is 8.12. The van der Waals surface area contributed by atoms with Gasteiger partial charge in [-0.1, -0.05) is 23.7 Å². The van der Waals surface area contributed by atoms with Gasteiger partial charge < -0.3 is 14.6 Å². The van der Waals surface area contributed by atoms with Gasteiger partial charge >= 0.3 is 0 Å². The van der Waals surface area contributed by atoms with Gasteiger partial charge in [0, 0.05) is 37.0 Å². The molecule has 1 unspecified atom stereocenters. The molecule has 5 nitrogen and oxygen atoms in total. The van der Waals surface area contributed by atoms with Crippen molar-refractivity contribution >= 4 is 17.5 Å². The van der Waals surface area contributed by atoms with Crippen molar-refractivity contribution in [1.82, 2.24) is 9.88 Å². The van der Waals surface area contributed by atoms with E-state index < -0.39 is 0 Å². The highest BCUT2D eigenvalue weighted by atomic mass is 35.5. The lowest BCUT2D eigenvalue weighted by atomic mass is 10.1. The number of hydrogen-bond acceptors (Lipinski definition) is 3. The number of methoxy groups -OCH3 is 1. The van der Waals surface area contributed by atoms with Gasteiger partial charge in [0.05, 0.1) is 12.2 Å². The van der Waals surface area contributed by atoms with Crippen LogP contribution in [0, 0.1) is 0 Å². The monoisotopic (exact) mass is 348 g/mol. The second kappa shape index (κ2) is 8.66. The summed E-state index contributed by atoms with van der Waals surface area (Å²) < 4.78 is 6.44. The van der Waals surface area contributed by atoms with Crippen LogP contribution < -0.4 is 10.9 Å². The molecule has 6 heteroatoms. The average Bonchev–Trinajstić information content (AvgIpc) is 2.53. The number of carbonyl (C=O) groups is 1. The summed E-state index contributed by atoms with van der Waals surface area (Å²) in [5.74, 6) is -0.212. The number of carbonyl (C=O) groups excluding carboxylic acids is 1. The van der Waals surface area contributed by atoms with E-state index >= 15 is 0 Å². The maximum absolute atomic E-state index is 12.4. The SMILES string of the molecule is COCCn1cc(C(=O)NC(C)Cc2cccc(Cl)c2)ccc1=O. The summed E-state index contributed by atoms with van der Waals surface area (Å²) in [6.45, 7) is 2.75. The number of aromatic nitrogens is 1. The van der Waals surface area contributed by atoms with Gasteiger partial charge in [0.2, 0.25) is 0 Å². The van der Waals surface area contributed by atoms with Crippen LogP contribution in [0.3, 0.4) is 0 Å². The first kappa shape index (κ1) is 18.2. The lowest BCUT2D eigenvalue weighted by Crippen LogP contribution is -2.35. The second-order valence-electron chi connectivity index (χ2n) is 5.65. The van der Waals surface area contributed by atoms with Crippen molar-refractivity contribution in [3.63, 3.8) is 0 Å². The van der Waals surface area contributed by atoms with Crippen LogP contribution >= 0.6 is 11.6 Å². The molecule has 0 aliphatic rings. The maximum atomic E-state index is 12.4. The van der Waals surface area contributed by atoms with Crippen LogP contribution in [0.15, 0.2) is 47.4 Å². The molecule has 0 aliphatic carbocycles. The van der Waals surface area contributed by atoms with Crippen molar-refractivity contribution in [3.8, 4) is 0 Å². The molecule has 0 fully saturated rings. The second-order valence-corrected chi connectivity index (χ2v) is 6.09. The molecule has 24 heavy (non-hydrogen) atoms. The Morgan fingerprint density at radius 3 is 2.83 bits per heavy atom. The molecule has 0 aliphatic heterocycles. The van der Waals surface area contributed by atoms with Gasteiger partial charge in [0.1, 0.15) is 0 Å². The molecule has 0 spiro atoms. The molecule has 0 bridgehead atoms. The Bertz CT molecular complexity index is 758. The largest absolute Gasteiger partial charge is 0.383 e. The molecular formula is C18H21ClN2O3. The number of benzene rings is 1. The van der Waals surface area contributed by atoms with Crippen LogP contribution in [-0.2, 0) is 17.7 Å². The normalized spacial score (nSPS) is 12.0. The van der Waals surface area contributed by atoms with E-state index in [9.17, 15) is 9.59 Å². The number of nitrogens with one attached hydrogen (secondary N) is 1. The molecule has 1 aromatic heterocycles. The van der Waals surface area contributed by atoms with Gasteiger partial charge in [0.15, 0.2) is 0 Å². The topological polar surface area (TPSA) is 60.3 Å². The van der Waals surface area contributed by atoms with Crippen LogP contribution in [0.2, 0.25) is 5.02 Å². The Hall–Kier alpha value is -2.11.